The fourth-order valence-electron chi connectivity index (χ4n) is 1.40. The molecule has 0 rings (SSSR count). The molecule has 0 saturated carbocycles. The fourth-order valence-corrected chi connectivity index (χ4v) is 3.21. The van der Waals surface area contributed by atoms with Crippen molar-refractivity contribution in [3.63, 3.8) is 0 Å². The number of unbranched alkanes of at least 4 members (excludes halogenated alkanes) is 4. The molecule has 0 unspecified atom stereocenters. The summed E-state index contributed by atoms with van der Waals surface area (Å²) in [5, 5.41) is 0. The van der Waals surface area contributed by atoms with Crippen LogP contribution in [0.1, 0.15) is 52.4 Å². The smallest absolute Gasteiger partial charge is 0.172 e. The first-order valence-electron chi connectivity index (χ1n) is 5.49. The molecule has 1 N–H and O–H groups in total. The summed E-state index contributed by atoms with van der Waals surface area (Å²) in [7, 11) is -1.27. The Kier molecular flexibility index (Phi) is 9.40. The van der Waals surface area contributed by atoms with Crippen LogP contribution in [0.3, 0.4) is 0 Å². The molecule has 12 heavy (non-hydrogen) atoms. The van der Waals surface area contributed by atoms with Gasteiger partial charge < -0.3 is 4.80 Å². The Balaban J connectivity index is 3.04. The van der Waals surface area contributed by atoms with Crippen LogP contribution in [0.15, 0.2) is 0 Å². The zero-order valence-corrected chi connectivity index (χ0v) is 9.84. The average molecular weight is 188 g/mol. The van der Waals surface area contributed by atoms with Crippen molar-refractivity contribution in [2.75, 3.05) is 0 Å². The Morgan fingerprint density at radius 3 is 1.58 bits per heavy atom. The highest BCUT2D eigenvalue weighted by molar-refractivity contribution is 6.50. The predicted molar refractivity (Wildman–Crippen MR) is 58.0 cm³/mol. The van der Waals surface area contributed by atoms with Gasteiger partial charge in [-0.2, -0.15) is 0 Å². The molecular weight excluding hydrogens is 164 g/mol. The third-order valence-corrected chi connectivity index (χ3v) is 4.43. The van der Waals surface area contributed by atoms with Gasteiger partial charge in [0, 0.05) is 0 Å². The molecule has 0 atom stereocenters. The molecule has 0 spiro atoms. The molecule has 0 aromatic heterocycles. The summed E-state index contributed by atoms with van der Waals surface area (Å²) in [5.74, 6) is 0. The lowest BCUT2D eigenvalue weighted by atomic mass is 10.3. The molecule has 0 aliphatic carbocycles. The van der Waals surface area contributed by atoms with Gasteiger partial charge in [0.1, 0.15) is 0 Å². The van der Waals surface area contributed by atoms with E-state index in [1.807, 2.05) is 0 Å². The van der Waals surface area contributed by atoms with Crippen LogP contribution >= 0.6 is 0 Å². The highest BCUT2D eigenvalue weighted by Gasteiger charge is 2.04. The summed E-state index contributed by atoms with van der Waals surface area (Å²) in [5.41, 5.74) is 0. The van der Waals surface area contributed by atoms with Gasteiger partial charge in [-0.15, -0.1) is 0 Å². The minimum absolute atomic E-state index is 1.15. The largest absolute Gasteiger partial charge is 0.435 e. The quantitative estimate of drug-likeness (QED) is 0.458. The van der Waals surface area contributed by atoms with E-state index in [1.165, 1.54) is 38.5 Å². The first-order valence-corrected chi connectivity index (χ1v) is 7.64. The van der Waals surface area contributed by atoms with Crippen molar-refractivity contribution < 1.29 is 4.80 Å². The van der Waals surface area contributed by atoms with Crippen molar-refractivity contribution >= 4 is 9.04 Å². The van der Waals surface area contributed by atoms with Gasteiger partial charge in [-0.25, -0.2) is 0 Å². The van der Waals surface area contributed by atoms with Gasteiger partial charge in [0.2, 0.25) is 0 Å². The summed E-state index contributed by atoms with van der Waals surface area (Å²) in [6, 6.07) is 2.30. The molecule has 0 heterocycles. The van der Waals surface area contributed by atoms with Crippen LogP contribution in [-0.2, 0) is 0 Å². The summed E-state index contributed by atoms with van der Waals surface area (Å²) < 4.78 is 0. The van der Waals surface area contributed by atoms with Gasteiger partial charge in [0.05, 0.1) is 0 Å². The SMILES string of the molecule is CCCCC[SiH](O)CCCCC. The lowest BCUT2D eigenvalue weighted by Crippen LogP contribution is -2.10. The minimum atomic E-state index is -1.27. The van der Waals surface area contributed by atoms with Crippen LogP contribution in [-0.4, -0.2) is 13.8 Å². The Bertz CT molecular complexity index is 75.9. The summed E-state index contributed by atoms with van der Waals surface area (Å²) in [4.78, 5) is 9.64. The van der Waals surface area contributed by atoms with Crippen LogP contribution in [0.4, 0.5) is 0 Å². The van der Waals surface area contributed by atoms with E-state index < -0.39 is 9.04 Å². The van der Waals surface area contributed by atoms with Crippen molar-refractivity contribution in [2.24, 2.45) is 0 Å². The van der Waals surface area contributed by atoms with Crippen molar-refractivity contribution in [1.82, 2.24) is 0 Å². The Morgan fingerprint density at radius 2 is 1.25 bits per heavy atom. The van der Waals surface area contributed by atoms with E-state index in [-0.39, 0.29) is 0 Å². The van der Waals surface area contributed by atoms with E-state index in [0.717, 1.165) is 12.1 Å². The minimum Gasteiger partial charge on any atom is -0.435 e. The van der Waals surface area contributed by atoms with Crippen LogP contribution < -0.4 is 0 Å². The van der Waals surface area contributed by atoms with E-state index in [1.54, 1.807) is 0 Å². The van der Waals surface area contributed by atoms with Crippen LogP contribution in [0.2, 0.25) is 12.1 Å². The van der Waals surface area contributed by atoms with E-state index >= 15 is 0 Å². The molecule has 1 nitrogen and oxygen atoms in total. The second-order valence-corrected chi connectivity index (χ2v) is 6.11. The van der Waals surface area contributed by atoms with E-state index in [4.69, 9.17) is 0 Å². The highest BCUT2D eigenvalue weighted by atomic mass is 28.3. The summed E-state index contributed by atoms with van der Waals surface area (Å²) >= 11 is 0. The van der Waals surface area contributed by atoms with Crippen LogP contribution in [0, 0.1) is 0 Å². The maximum Gasteiger partial charge on any atom is 0.172 e. The van der Waals surface area contributed by atoms with Crippen LogP contribution in [0.25, 0.3) is 0 Å². The standard InChI is InChI=1S/C10H24OSi/c1-3-5-7-9-12(11)10-8-6-4-2/h11-12H,3-10H2,1-2H3. The van der Waals surface area contributed by atoms with Gasteiger partial charge in [0.25, 0.3) is 0 Å². The van der Waals surface area contributed by atoms with Crippen LogP contribution in [0.5, 0.6) is 0 Å². The molecular formula is C10H24OSi. The molecule has 2 heteroatoms. The van der Waals surface area contributed by atoms with E-state index in [2.05, 4.69) is 13.8 Å². The second kappa shape index (κ2) is 9.27. The molecule has 0 bridgehead atoms. The molecule has 0 aromatic rings. The normalized spacial score (nSPS) is 11.0. The average Bonchev–Trinajstić information content (AvgIpc) is 2.06. The van der Waals surface area contributed by atoms with Gasteiger partial charge in [-0.3, -0.25) is 0 Å². The Hall–Kier alpha value is 0.177. The number of hydrogen-bond acceptors (Lipinski definition) is 1. The van der Waals surface area contributed by atoms with Gasteiger partial charge in [0.15, 0.2) is 9.04 Å². The third kappa shape index (κ3) is 8.28. The topological polar surface area (TPSA) is 20.2 Å². The molecule has 0 aliphatic rings. The maximum atomic E-state index is 9.64. The molecule has 0 aromatic carbocycles. The van der Waals surface area contributed by atoms with Crippen molar-refractivity contribution in [3.05, 3.63) is 0 Å². The van der Waals surface area contributed by atoms with Crippen molar-refractivity contribution in [1.29, 1.82) is 0 Å². The third-order valence-electron chi connectivity index (χ3n) is 2.28. The fraction of sp³-hybridized carbons (Fsp3) is 1.00. The zero-order valence-electron chi connectivity index (χ0n) is 8.68. The van der Waals surface area contributed by atoms with Gasteiger partial charge >= 0.3 is 0 Å². The molecule has 0 fully saturated rings. The lowest BCUT2D eigenvalue weighted by Gasteiger charge is -2.06. The second-order valence-electron chi connectivity index (χ2n) is 3.65. The monoisotopic (exact) mass is 188 g/mol. The van der Waals surface area contributed by atoms with Crippen molar-refractivity contribution in [3.8, 4) is 0 Å². The maximum absolute atomic E-state index is 9.64. The van der Waals surface area contributed by atoms with Gasteiger partial charge in [-0.05, 0) is 12.1 Å². The molecule has 0 radical (unpaired) electrons. The zero-order chi connectivity index (χ0) is 9.23. The Morgan fingerprint density at radius 1 is 0.833 bits per heavy atom. The molecule has 74 valence electrons. The van der Waals surface area contributed by atoms with Crippen molar-refractivity contribution in [2.45, 2.75) is 64.5 Å². The highest BCUT2D eigenvalue weighted by Crippen LogP contribution is 2.09. The van der Waals surface area contributed by atoms with E-state index in [0.29, 0.717) is 0 Å². The number of hydrogen-bond donors (Lipinski definition) is 1. The summed E-state index contributed by atoms with van der Waals surface area (Å²) in [6.07, 6.45) is 7.67. The summed E-state index contributed by atoms with van der Waals surface area (Å²) in [6.45, 7) is 4.43. The first-order chi connectivity index (χ1) is 5.81. The van der Waals surface area contributed by atoms with E-state index in [9.17, 15) is 4.80 Å². The predicted octanol–water partition coefficient (Wildman–Crippen LogP) is 3.08. The molecule has 0 aliphatic heterocycles. The molecule has 0 amide bonds. The molecule has 0 saturated heterocycles. The Labute approximate surface area is 78.9 Å². The lowest BCUT2D eigenvalue weighted by molar-refractivity contribution is 0.550. The first kappa shape index (κ1) is 12.2. The van der Waals surface area contributed by atoms with Gasteiger partial charge in [-0.1, -0.05) is 52.4 Å². The number of rotatable bonds is 8.